The van der Waals surface area contributed by atoms with Gasteiger partial charge in [0, 0.05) is 25.2 Å². The molecule has 0 bridgehead atoms. The number of rotatable bonds is 2. The predicted molar refractivity (Wildman–Crippen MR) is 61.4 cm³/mol. The Morgan fingerprint density at radius 3 is 3.12 bits per heavy atom. The lowest BCUT2D eigenvalue weighted by molar-refractivity contribution is -0.122. The van der Waals surface area contributed by atoms with Gasteiger partial charge in [-0.25, -0.2) is 4.39 Å². The first-order chi connectivity index (χ1) is 8.17. The largest absolute Gasteiger partial charge is 0.322 e. The molecule has 90 valence electrons. The summed E-state index contributed by atoms with van der Waals surface area (Å²) in [6.07, 6.45) is 3.17. The highest BCUT2D eigenvalue weighted by atomic mass is 19.1. The second-order valence-corrected chi connectivity index (χ2v) is 4.68. The number of pyridine rings is 1. The molecule has 1 aromatic heterocycles. The SMILES string of the molecule is O=C(Nc1cnc2c(c1)CNCC2)C1(F)CC1. The van der Waals surface area contributed by atoms with Crippen LogP contribution in [0.2, 0.25) is 0 Å². The van der Waals surface area contributed by atoms with Crippen LogP contribution in [0.25, 0.3) is 0 Å². The second kappa shape index (κ2) is 3.77. The summed E-state index contributed by atoms with van der Waals surface area (Å²) in [5.41, 5.74) is 1.09. The molecule has 17 heavy (non-hydrogen) atoms. The van der Waals surface area contributed by atoms with Crippen molar-refractivity contribution in [3.8, 4) is 0 Å². The van der Waals surface area contributed by atoms with Crippen LogP contribution in [0.5, 0.6) is 0 Å². The minimum Gasteiger partial charge on any atom is -0.322 e. The molecular formula is C12H14FN3O. The number of halogens is 1. The van der Waals surface area contributed by atoms with E-state index in [0.29, 0.717) is 18.5 Å². The molecule has 5 heteroatoms. The number of anilines is 1. The highest BCUT2D eigenvalue weighted by Crippen LogP contribution is 2.40. The zero-order chi connectivity index (χ0) is 11.9. The predicted octanol–water partition coefficient (Wildman–Crippen LogP) is 1.17. The normalized spacial score (nSPS) is 20.5. The van der Waals surface area contributed by atoms with E-state index in [-0.39, 0.29) is 0 Å². The minimum atomic E-state index is -1.63. The van der Waals surface area contributed by atoms with Gasteiger partial charge < -0.3 is 10.6 Å². The van der Waals surface area contributed by atoms with E-state index in [1.54, 1.807) is 6.20 Å². The van der Waals surface area contributed by atoms with Crippen molar-refractivity contribution in [2.45, 2.75) is 31.5 Å². The van der Waals surface area contributed by atoms with Gasteiger partial charge in [0.1, 0.15) is 0 Å². The molecule has 4 nitrogen and oxygen atoms in total. The summed E-state index contributed by atoms with van der Waals surface area (Å²) in [5, 5.41) is 5.83. The molecule has 1 saturated carbocycles. The first-order valence-corrected chi connectivity index (χ1v) is 5.86. The summed E-state index contributed by atoms with van der Waals surface area (Å²) < 4.78 is 13.5. The quantitative estimate of drug-likeness (QED) is 0.809. The Bertz CT molecular complexity index is 471. The highest BCUT2D eigenvalue weighted by Gasteiger charge is 2.50. The molecule has 2 N–H and O–H groups in total. The van der Waals surface area contributed by atoms with Crippen LogP contribution in [0.1, 0.15) is 24.1 Å². The van der Waals surface area contributed by atoms with E-state index in [2.05, 4.69) is 15.6 Å². The van der Waals surface area contributed by atoms with Gasteiger partial charge >= 0.3 is 0 Å². The molecule has 1 aliphatic heterocycles. The molecule has 0 saturated heterocycles. The van der Waals surface area contributed by atoms with Crippen molar-refractivity contribution in [1.29, 1.82) is 0 Å². The van der Waals surface area contributed by atoms with Crippen LogP contribution in [0.3, 0.4) is 0 Å². The monoisotopic (exact) mass is 235 g/mol. The average Bonchev–Trinajstić information content (AvgIpc) is 3.09. The summed E-state index contributed by atoms with van der Waals surface area (Å²) in [6, 6.07) is 1.87. The third-order valence-electron chi connectivity index (χ3n) is 3.27. The lowest BCUT2D eigenvalue weighted by atomic mass is 10.1. The first-order valence-electron chi connectivity index (χ1n) is 5.86. The molecule has 0 spiro atoms. The van der Waals surface area contributed by atoms with Crippen LogP contribution < -0.4 is 10.6 Å². The fourth-order valence-corrected chi connectivity index (χ4v) is 1.99. The number of carbonyl (C=O) groups excluding carboxylic acids is 1. The van der Waals surface area contributed by atoms with Crippen LogP contribution >= 0.6 is 0 Å². The molecule has 2 heterocycles. The number of amides is 1. The lowest BCUT2D eigenvalue weighted by Crippen LogP contribution is -2.27. The highest BCUT2D eigenvalue weighted by molar-refractivity contribution is 5.99. The van der Waals surface area contributed by atoms with Gasteiger partial charge in [-0.1, -0.05) is 0 Å². The molecule has 1 aliphatic carbocycles. The number of nitrogens with zero attached hydrogens (tertiary/aromatic N) is 1. The summed E-state index contributed by atoms with van der Waals surface area (Å²) in [5.74, 6) is -0.539. The summed E-state index contributed by atoms with van der Waals surface area (Å²) >= 11 is 0. The maximum absolute atomic E-state index is 13.5. The Hall–Kier alpha value is -1.49. The summed E-state index contributed by atoms with van der Waals surface area (Å²) in [4.78, 5) is 15.8. The van der Waals surface area contributed by atoms with Crippen molar-refractivity contribution in [2.75, 3.05) is 11.9 Å². The Kier molecular flexibility index (Phi) is 2.36. The van der Waals surface area contributed by atoms with Crippen LogP contribution in [-0.4, -0.2) is 23.1 Å². The standard InChI is InChI=1S/C12H14FN3O/c13-12(2-3-12)11(17)16-9-5-8-6-14-4-1-10(8)15-7-9/h5,7,14H,1-4,6H2,(H,16,17). The fourth-order valence-electron chi connectivity index (χ4n) is 1.99. The molecule has 0 unspecified atom stereocenters. The van der Waals surface area contributed by atoms with E-state index in [1.165, 1.54) is 0 Å². The molecule has 1 amide bonds. The van der Waals surface area contributed by atoms with Gasteiger partial charge in [0.2, 0.25) is 0 Å². The average molecular weight is 235 g/mol. The molecule has 0 aromatic carbocycles. The number of hydrogen-bond donors (Lipinski definition) is 2. The molecular weight excluding hydrogens is 221 g/mol. The number of aromatic nitrogens is 1. The lowest BCUT2D eigenvalue weighted by Gasteiger charge is -2.17. The van der Waals surface area contributed by atoms with E-state index in [1.807, 2.05) is 6.07 Å². The second-order valence-electron chi connectivity index (χ2n) is 4.68. The van der Waals surface area contributed by atoms with Gasteiger partial charge in [-0.15, -0.1) is 0 Å². The Labute approximate surface area is 98.6 Å². The van der Waals surface area contributed by atoms with E-state index in [4.69, 9.17) is 0 Å². The van der Waals surface area contributed by atoms with Crippen molar-refractivity contribution in [1.82, 2.24) is 10.3 Å². The molecule has 1 fully saturated rings. The van der Waals surface area contributed by atoms with Crippen LogP contribution in [-0.2, 0) is 17.8 Å². The van der Waals surface area contributed by atoms with Crippen molar-refractivity contribution in [3.63, 3.8) is 0 Å². The fraction of sp³-hybridized carbons (Fsp3) is 0.500. The third-order valence-corrected chi connectivity index (χ3v) is 3.27. The molecule has 0 radical (unpaired) electrons. The summed E-state index contributed by atoms with van der Waals surface area (Å²) in [7, 11) is 0. The molecule has 0 atom stereocenters. The molecule has 2 aliphatic rings. The van der Waals surface area contributed by atoms with Crippen LogP contribution in [0, 0.1) is 0 Å². The third kappa shape index (κ3) is 2.02. The first kappa shape index (κ1) is 10.7. The molecule has 1 aromatic rings. The van der Waals surface area contributed by atoms with Crippen molar-refractivity contribution in [2.24, 2.45) is 0 Å². The Morgan fingerprint density at radius 2 is 2.35 bits per heavy atom. The van der Waals surface area contributed by atoms with E-state index >= 15 is 0 Å². The van der Waals surface area contributed by atoms with Crippen molar-refractivity contribution < 1.29 is 9.18 Å². The minimum absolute atomic E-state index is 0.332. The summed E-state index contributed by atoms with van der Waals surface area (Å²) in [6.45, 7) is 1.69. The number of alkyl halides is 1. The van der Waals surface area contributed by atoms with Gasteiger partial charge in [0.05, 0.1) is 11.9 Å². The van der Waals surface area contributed by atoms with Crippen molar-refractivity contribution >= 4 is 11.6 Å². The number of nitrogens with one attached hydrogen (secondary N) is 2. The van der Waals surface area contributed by atoms with Gasteiger partial charge in [-0.3, -0.25) is 9.78 Å². The van der Waals surface area contributed by atoms with E-state index < -0.39 is 11.6 Å². The van der Waals surface area contributed by atoms with Crippen LogP contribution in [0.4, 0.5) is 10.1 Å². The van der Waals surface area contributed by atoms with E-state index in [0.717, 1.165) is 30.8 Å². The van der Waals surface area contributed by atoms with Gasteiger partial charge in [-0.05, 0) is 24.5 Å². The topological polar surface area (TPSA) is 54.0 Å². The number of hydrogen-bond acceptors (Lipinski definition) is 3. The maximum atomic E-state index is 13.5. The van der Waals surface area contributed by atoms with Gasteiger partial charge in [0.15, 0.2) is 5.67 Å². The van der Waals surface area contributed by atoms with E-state index in [9.17, 15) is 9.18 Å². The number of carbonyl (C=O) groups is 1. The Balaban J connectivity index is 1.77. The van der Waals surface area contributed by atoms with Gasteiger partial charge in [0.25, 0.3) is 5.91 Å². The Morgan fingerprint density at radius 1 is 1.53 bits per heavy atom. The van der Waals surface area contributed by atoms with Crippen LogP contribution in [0.15, 0.2) is 12.3 Å². The number of fused-ring (bicyclic) bond motifs is 1. The zero-order valence-corrected chi connectivity index (χ0v) is 9.42. The smallest absolute Gasteiger partial charge is 0.262 e. The maximum Gasteiger partial charge on any atom is 0.262 e. The zero-order valence-electron chi connectivity index (χ0n) is 9.42. The molecule has 3 rings (SSSR count). The van der Waals surface area contributed by atoms with Gasteiger partial charge in [-0.2, -0.15) is 0 Å². The van der Waals surface area contributed by atoms with Crippen molar-refractivity contribution in [3.05, 3.63) is 23.5 Å².